The van der Waals surface area contributed by atoms with Gasteiger partial charge in [0.25, 0.3) is 0 Å². The molecule has 6 heteroatoms. The largest absolute Gasteiger partial charge is 0.289 e. The third-order valence-corrected chi connectivity index (χ3v) is 31.0. The molecule has 0 aliphatic heterocycles. The summed E-state index contributed by atoms with van der Waals surface area (Å²) in [5.74, 6) is 1.75. The number of carbonyl (C=O) groups excluding carboxylic acids is 1. The Kier molecular flexibility index (Phi) is 15.1. The molecule has 5 nitrogen and oxygen atoms in total. The minimum atomic E-state index is -0.749. The van der Waals surface area contributed by atoms with Crippen molar-refractivity contribution in [3.05, 3.63) is 473 Å². The van der Waals surface area contributed by atoms with Gasteiger partial charge in [-0.25, -0.2) is 4.98 Å². The molecule has 0 amide bonds. The van der Waals surface area contributed by atoms with Gasteiger partial charge in [-0.3, -0.25) is 9.36 Å². The van der Waals surface area contributed by atoms with Crippen LogP contribution in [0.4, 0.5) is 0 Å². The molecule has 2 unspecified atom stereocenters. The average Bonchev–Trinajstić information content (AvgIpc) is 1.52. The van der Waals surface area contributed by atoms with Crippen LogP contribution in [-0.4, -0.2) is 25.3 Å². The van der Waals surface area contributed by atoms with Crippen LogP contribution in [0.5, 0.6) is 0 Å². The maximum absolute atomic E-state index is 16.4. The highest BCUT2D eigenvalue weighted by molar-refractivity contribution is 7.26. The zero-order valence-electron chi connectivity index (χ0n) is 70.6. The van der Waals surface area contributed by atoms with Crippen LogP contribution < -0.4 is 0 Å². The Labute approximate surface area is 749 Å². The first kappa shape index (κ1) is 72.4. The van der Waals surface area contributed by atoms with E-state index in [-0.39, 0.29) is 11.2 Å². The maximum Gasteiger partial charge on any atom is 0.238 e. The monoisotopic (exact) mass is 1660 g/mol. The molecule has 2 atom stereocenters. The number of fused-ring (bicyclic) bond motifs is 35. The molecule has 22 aromatic rings. The van der Waals surface area contributed by atoms with Gasteiger partial charge >= 0.3 is 0 Å². The molecule has 2 spiro atoms. The first-order valence-electron chi connectivity index (χ1n) is 44.9. The minimum absolute atomic E-state index is 0.00266. The zero-order chi connectivity index (χ0) is 84.9. The number of hydrogen-bond donors (Lipinski definition) is 0. The van der Waals surface area contributed by atoms with Gasteiger partial charge in [-0.15, -0.1) is 11.3 Å². The number of nitrogens with zero attached hydrogens (tertiary/aromatic N) is 4. The fourth-order valence-corrected chi connectivity index (χ4v) is 25.5. The van der Waals surface area contributed by atoms with E-state index >= 15 is 4.79 Å². The fourth-order valence-electron chi connectivity index (χ4n) is 24.3. The molecule has 0 radical (unpaired) electrons. The van der Waals surface area contributed by atoms with Gasteiger partial charge in [0.1, 0.15) is 0 Å². The van der Waals surface area contributed by atoms with Crippen LogP contribution in [0.3, 0.4) is 0 Å². The Hall–Kier alpha value is -15.9. The van der Waals surface area contributed by atoms with E-state index in [4.69, 9.17) is 15.0 Å². The number of carbonyl (C=O) groups is 1. The summed E-state index contributed by atoms with van der Waals surface area (Å²) in [7, 11) is 0. The van der Waals surface area contributed by atoms with Crippen molar-refractivity contribution in [2.45, 2.75) is 42.9 Å². The van der Waals surface area contributed by atoms with Gasteiger partial charge < -0.3 is 0 Å². The van der Waals surface area contributed by atoms with Crippen molar-refractivity contribution in [2.24, 2.45) is 0 Å². The summed E-state index contributed by atoms with van der Waals surface area (Å²) in [6.07, 6.45) is 6.59. The van der Waals surface area contributed by atoms with Crippen LogP contribution >= 0.6 is 11.3 Å². The third-order valence-electron chi connectivity index (χ3n) is 29.8. The van der Waals surface area contributed by atoms with Crippen molar-refractivity contribution in [1.29, 1.82) is 0 Å². The summed E-state index contributed by atoms with van der Waals surface area (Å²) in [4.78, 5) is 32.7. The molecule has 6 aliphatic rings. The summed E-state index contributed by atoms with van der Waals surface area (Å²) in [5.41, 5.74) is 37.5. The van der Waals surface area contributed by atoms with Gasteiger partial charge in [0.2, 0.25) is 5.95 Å². The number of aromatic nitrogens is 4. The first-order chi connectivity index (χ1) is 63.6. The van der Waals surface area contributed by atoms with Gasteiger partial charge in [-0.1, -0.05) is 366 Å². The Balaban J connectivity index is 0.539. The van der Waals surface area contributed by atoms with Gasteiger partial charge in [-0.2, -0.15) is 9.97 Å². The highest BCUT2D eigenvalue weighted by atomic mass is 32.1. The van der Waals surface area contributed by atoms with Crippen molar-refractivity contribution in [3.8, 4) is 118 Å². The van der Waals surface area contributed by atoms with Crippen LogP contribution in [0.15, 0.2) is 406 Å². The lowest BCUT2D eigenvalue weighted by atomic mass is 9.67. The predicted molar refractivity (Wildman–Crippen MR) is 533 cm³/mol. The standard InChI is InChI=1S/C123H76N4OS/c1-121(2)102-42-15-8-33-88(102)97-62-63-98-93-35-13-20-47-111(93)127(115(98)114(97)121)120-125-118(72-25-4-3-5-26-72)124-119(126-120)73-51-49-71(50-52-73)76-54-59-90-86-31-10-17-44-104(86)123(108(90)68-76)105-45-18-11-32-87(105)92-61-56-80(70-110(92)123)116(128)79-55-60-91-85-30-9-16-43-103(85)122(109(91)69-79)106-46-19-12-34-89(106)101-67-78(57-64-107(101)122)81-38-23-40-96-84-58-53-75(66-100(84)83-29-6-7-37-95(83)113(81)96)74-27-22-28-77(65-74)82-39-24-41-99-94-36-14-21-48-112(94)129-117(82)99/h3-18,20-45,47-70H,19,46H2,1-2H3. The van der Waals surface area contributed by atoms with Gasteiger partial charge in [-0.05, 0) is 249 Å². The highest BCUT2D eigenvalue weighted by Crippen LogP contribution is 2.67. The molecule has 0 bridgehead atoms. The lowest BCUT2D eigenvalue weighted by Crippen LogP contribution is -2.28. The Bertz CT molecular complexity index is 8830. The molecule has 28 rings (SSSR count). The summed E-state index contributed by atoms with van der Waals surface area (Å²) in [5, 5.41) is 12.4. The summed E-state index contributed by atoms with van der Waals surface area (Å²) in [6, 6.07) is 143. The van der Waals surface area contributed by atoms with Crippen molar-refractivity contribution < 1.29 is 4.79 Å². The van der Waals surface area contributed by atoms with Crippen molar-refractivity contribution in [1.82, 2.24) is 19.5 Å². The van der Waals surface area contributed by atoms with Crippen molar-refractivity contribution >= 4 is 97.0 Å². The second kappa shape index (κ2) is 26.8. The molecule has 3 aromatic heterocycles. The van der Waals surface area contributed by atoms with E-state index < -0.39 is 10.8 Å². The zero-order valence-corrected chi connectivity index (χ0v) is 71.4. The fraction of sp³-hybridized carbons (Fsp3) is 0.0569. The molecule has 3 heterocycles. The molecule has 0 saturated carbocycles. The van der Waals surface area contributed by atoms with E-state index in [1.807, 2.05) is 29.5 Å². The summed E-state index contributed by atoms with van der Waals surface area (Å²) < 4.78 is 4.93. The minimum Gasteiger partial charge on any atom is -0.289 e. The smallest absolute Gasteiger partial charge is 0.238 e. The number of rotatable bonds is 9. The highest BCUT2D eigenvalue weighted by Gasteiger charge is 2.55. The Morgan fingerprint density at radius 1 is 0.310 bits per heavy atom. The molecule has 0 fully saturated rings. The van der Waals surface area contributed by atoms with Crippen LogP contribution in [0.2, 0.25) is 0 Å². The van der Waals surface area contributed by atoms with Crippen molar-refractivity contribution in [3.63, 3.8) is 0 Å². The summed E-state index contributed by atoms with van der Waals surface area (Å²) in [6.45, 7) is 4.70. The van der Waals surface area contributed by atoms with Crippen LogP contribution in [-0.2, 0) is 16.2 Å². The molecule has 6 aliphatic carbocycles. The molecule has 600 valence electrons. The lowest BCUT2D eigenvalue weighted by molar-refractivity contribution is 0.103. The van der Waals surface area contributed by atoms with Crippen LogP contribution in [0, 0.1) is 0 Å². The summed E-state index contributed by atoms with van der Waals surface area (Å²) >= 11 is 1.88. The molecule has 19 aromatic carbocycles. The van der Waals surface area contributed by atoms with Gasteiger partial charge in [0, 0.05) is 58.6 Å². The predicted octanol–water partition coefficient (Wildman–Crippen LogP) is 31.1. The van der Waals surface area contributed by atoms with E-state index in [0.717, 1.165) is 62.6 Å². The van der Waals surface area contributed by atoms with E-state index in [1.54, 1.807) is 0 Å². The number of hydrogen-bond acceptors (Lipinski definition) is 5. The molecule has 0 N–H and O–H groups in total. The number of benzene rings is 19. The topological polar surface area (TPSA) is 60.7 Å². The van der Waals surface area contributed by atoms with Crippen LogP contribution in [0.1, 0.15) is 98.2 Å². The van der Waals surface area contributed by atoms with E-state index in [9.17, 15) is 0 Å². The number of ketones is 1. The van der Waals surface area contributed by atoms with Gasteiger partial charge in [0.15, 0.2) is 17.4 Å². The second-order valence-corrected chi connectivity index (χ2v) is 37.4. The van der Waals surface area contributed by atoms with Crippen LogP contribution in [0.25, 0.3) is 198 Å². The Morgan fingerprint density at radius 3 is 1.52 bits per heavy atom. The lowest BCUT2D eigenvalue weighted by Gasteiger charge is -2.33. The second-order valence-electron chi connectivity index (χ2n) is 36.4. The number of thiophene rings is 1. The maximum atomic E-state index is 16.4. The molecular formula is C123H76N4OS. The third kappa shape index (κ3) is 9.93. The van der Waals surface area contributed by atoms with Gasteiger partial charge in [0.05, 0.1) is 21.9 Å². The number of allylic oxidation sites excluding steroid dienone is 4. The van der Waals surface area contributed by atoms with E-state index in [2.05, 4.69) is 401 Å². The SMILES string of the molecule is CC1(C)c2ccccc2-c2ccc3c4ccccc4n(-c4nc(-c5ccccc5)nc(-c5ccc(-c6ccc7c(c6)C6(c8ccccc8-c8ccc(C(=O)c9ccc%10c(c9)C9(C%11=C(C=CCC%11)c%11cc(-c%12cccc%13c%14ccc(-c%15cccc(-c%16cccc%17c%16sc%16ccccc%16%17)c%15)cc%14c%14ccccc%14c%12%13)ccc%119)c9ccccc9-%10)cc86)c6ccccc6-7)cc5)n4)c3c21. The first-order valence-corrected chi connectivity index (χ1v) is 45.8. The normalized spacial score (nSPS) is 16.0. The molecule has 129 heavy (non-hydrogen) atoms. The number of para-hydroxylation sites is 1. The molecule has 0 saturated heterocycles. The molecular weight excluding hydrogens is 1580 g/mol. The average molecular weight is 1660 g/mol. The van der Waals surface area contributed by atoms with E-state index in [0.29, 0.717) is 28.7 Å². The Morgan fingerprint density at radius 2 is 0.783 bits per heavy atom. The van der Waals surface area contributed by atoms with E-state index in [1.165, 1.54) is 191 Å². The quantitative estimate of drug-likeness (QED) is 0.107. The van der Waals surface area contributed by atoms with Crippen molar-refractivity contribution in [2.75, 3.05) is 0 Å².